The van der Waals surface area contributed by atoms with E-state index < -0.39 is 0 Å². The lowest BCUT2D eigenvalue weighted by Crippen LogP contribution is -2.72. The zero-order chi connectivity index (χ0) is 16.7. The Balaban J connectivity index is 1.76. The van der Waals surface area contributed by atoms with E-state index in [2.05, 4.69) is 21.9 Å². The summed E-state index contributed by atoms with van der Waals surface area (Å²) < 4.78 is 6.50. The number of hydrogen-bond donors (Lipinski definition) is 1. The monoisotopic (exact) mass is 335 g/mol. The van der Waals surface area contributed by atoms with E-state index in [-0.39, 0.29) is 6.29 Å². The highest BCUT2D eigenvalue weighted by Crippen LogP contribution is 2.39. The van der Waals surface area contributed by atoms with Gasteiger partial charge in [-0.05, 0) is 25.0 Å². The minimum Gasteiger partial charge on any atom is -0.370 e. The van der Waals surface area contributed by atoms with Crippen molar-refractivity contribution < 1.29 is 14.4 Å². The summed E-state index contributed by atoms with van der Waals surface area (Å²) in [6, 6.07) is 3.96. The lowest BCUT2D eigenvalue weighted by molar-refractivity contribution is -0.951. The zero-order valence-corrected chi connectivity index (χ0v) is 14.5. The van der Waals surface area contributed by atoms with Gasteiger partial charge in [-0.25, -0.2) is 14.9 Å². The molecular weight excluding hydrogens is 308 g/mol. The lowest BCUT2D eigenvalue weighted by atomic mass is 10.3. The van der Waals surface area contributed by atoms with Crippen molar-refractivity contribution in [1.82, 2.24) is 15.0 Å². The Morgan fingerprint density at radius 2 is 1.96 bits per heavy atom. The Hall–Kier alpha value is -1.45. The molecule has 2 fully saturated rings. The van der Waals surface area contributed by atoms with E-state index in [1.165, 1.54) is 12.8 Å². The largest absolute Gasteiger partial charge is 0.370 e. The molecule has 0 aromatic carbocycles. The number of likely N-dealkylation sites (tertiary alicyclic amines) is 1. The molecule has 132 valence electrons. The first-order valence-corrected chi connectivity index (χ1v) is 8.75. The molecule has 8 heteroatoms. The highest BCUT2D eigenvalue weighted by atomic mass is 16.6. The van der Waals surface area contributed by atoms with Crippen molar-refractivity contribution in [2.75, 3.05) is 63.7 Å². The van der Waals surface area contributed by atoms with Gasteiger partial charge in [0.2, 0.25) is 6.29 Å². The highest BCUT2D eigenvalue weighted by Gasteiger charge is 2.49. The summed E-state index contributed by atoms with van der Waals surface area (Å²) >= 11 is 0. The molecule has 2 saturated heterocycles. The van der Waals surface area contributed by atoms with Gasteiger partial charge in [-0.2, -0.15) is 0 Å². The van der Waals surface area contributed by atoms with E-state index in [0.29, 0.717) is 5.82 Å². The van der Waals surface area contributed by atoms with Gasteiger partial charge in [0.1, 0.15) is 18.8 Å². The van der Waals surface area contributed by atoms with Crippen LogP contribution in [-0.2, 0) is 4.74 Å². The summed E-state index contributed by atoms with van der Waals surface area (Å²) in [6.45, 7) is 5.66. The number of fused-ring (bicyclic) bond motifs is 1. The molecule has 0 spiro atoms. The van der Waals surface area contributed by atoms with Crippen LogP contribution in [0.25, 0.3) is 0 Å². The van der Waals surface area contributed by atoms with Crippen molar-refractivity contribution in [2.45, 2.75) is 19.1 Å². The molecule has 4 heterocycles. The lowest BCUT2D eigenvalue weighted by Gasteiger charge is -2.51. The summed E-state index contributed by atoms with van der Waals surface area (Å²) in [5.74, 6) is 0.587. The number of ether oxygens (including phenoxy) is 1. The number of aromatic nitrogens is 1. The Morgan fingerprint density at radius 1 is 1.25 bits per heavy atom. The quantitative estimate of drug-likeness (QED) is 0.817. The van der Waals surface area contributed by atoms with Crippen LogP contribution in [0.4, 0.5) is 11.5 Å². The van der Waals surface area contributed by atoms with Crippen molar-refractivity contribution in [3.8, 4) is 0 Å². The number of likely N-dealkylation sites (N-methyl/N-ethyl adjacent to an activating group) is 1. The molecule has 24 heavy (non-hydrogen) atoms. The molecule has 1 aromatic heterocycles. The van der Waals surface area contributed by atoms with E-state index in [1.54, 1.807) is 11.3 Å². The smallest absolute Gasteiger partial charge is 0.240 e. The molecule has 4 rings (SSSR count). The number of pyridine rings is 1. The zero-order valence-electron chi connectivity index (χ0n) is 14.5. The van der Waals surface area contributed by atoms with Crippen molar-refractivity contribution in [2.24, 2.45) is 0 Å². The number of hydrazine groups is 2. The van der Waals surface area contributed by atoms with Crippen molar-refractivity contribution >= 4 is 11.5 Å². The normalized spacial score (nSPS) is 26.0. The topological polar surface area (TPSA) is 55.3 Å². The second-order valence-electron chi connectivity index (χ2n) is 7.10. The average Bonchev–Trinajstić information content (AvgIpc) is 3.20. The van der Waals surface area contributed by atoms with Crippen LogP contribution in [0, 0.1) is 0 Å². The van der Waals surface area contributed by atoms with Crippen molar-refractivity contribution in [3.63, 3.8) is 0 Å². The second-order valence-corrected chi connectivity index (χ2v) is 7.10. The van der Waals surface area contributed by atoms with Crippen LogP contribution < -0.4 is 10.2 Å². The predicted octanol–water partition coefficient (Wildman–Crippen LogP) is 0.715. The van der Waals surface area contributed by atoms with E-state index >= 15 is 0 Å². The fourth-order valence-electron chi connectivity index (χ4n) is 4.16. The fourth-order valence-corrected chi connectivity index (χ4v) is 4.16. The maximum Gasteiger partial charge on any atom is 0.240 e. The van der Waals surface area contributed by atoms with Gasteiger partial charge in [-0.1, -0.05) is 0 Å². The number of nitrogens with zero attached hydrogens (tertiary/aromatic N) is 6. The van der Waals surface area contributed by atoms with Crippen LogP contribution in [0.15, 0.2) is 18.3 Å². The van der Waals surface area contributed by atoms with Crippen molar-refractivity contribution in [1.29, 1.82) is 0 Å². The molecule has 1 aromatic rings. The minimum atomic E-state index is 0.126. The van der Waals surface area contributed by atoms with Gasteiger partial charge in [0, 0.05) is 26.3 Å². The standard InChI is InChI=1S/C16H27N6O2/c1-18-20(14-6-5-7-17-15(14)21(18)23)16(19-8-3-4-9-19)22(2)10-12-24-13-11-22/h5-7,16,23H,3-4,8-13H2,1-2H3/q+1. The third kappa shape index (κ3) is 2.46. The van der Waals surface area contributed by atoms with Gasteiger partial charge in [0.05, 0.1) is 20.3 Å². The highest BCUT2D eigenvalue weighted by molar-refractivity contribution is 5.68. The van der Waals surface area contributed by atoms with E-state index in [0.717, 1.165) is 54.7 Å². The molecule has 0 saturated carbocycles. The van der Waals surface area contributed by atoms with Gasteiger partial charge in [-0.15, -0.1) is 10.3 Å². The van der Waals surface area contributed by atoms with E-state index in [9.17, 15) is 5.21 Å². The molecule has 0 radical (unpaired) electrons. The SMILES string of the molecule is CN1N(O)c2ncccc2N1C(N1CCCC1)[N+]1(C)CCOCC1. The number of anilines is 2. The molecule has 1 unspecified atom stereocenters. The maximum atomic E-state index is 10.5. The Bertz CT molecular complexity index is 588. The first kappa shape index (κ1) is 16.0. The van der Waals surface area contributed by atoms with Gasteiger partial charge in [0.15, 0.2) is 5.82 Å². The minimum absolute atomic E-state index is 0.126. The summed E-state index contributed by atoms with van der Waals surface area (Å²) in [5.41, 5.74) is 0.949. The Labute approximate surface area is 142 Å². The summed E-state index contributed by atoms with van der Waals surface area (Å²) in [6.07, 6.45) is 4.30. The van der Waals surface area contributed by atoms with Gasteiger partial charge in [-0.3, -0.25) is 9.69 Å². The first-order valence-electron chi connectivity index (χ1n) is 8.75. The Morgan fingerprint density at radius 3 is 2.67 bits per heavy atom. The molecule has 0 amide bonds. The van der Waals surface area contributed by atoms with Crippen LogP contribution >= 0.6 is 0 Å². The van der Waals surface area contributed by atoms with Gasteiger partial charge < -0.3 is 4.74 Å². The van der Waals surface area contributed by atoms with Crippen LogP contribution in [0.5, 0.6) is 0 Å². The second kappa shape index (κ2) is 6.12. The Kier molecular flexibility index (Phi) is 4.09. The average molecular weight is 335 g/mol. The van der Waals surface area contributed by atoms with Crippen LogP contribution in [-0.4, -0.2) is 84.5 Å². The molecular formula is C16H27N6O2+. The van der Waals surface area contributed by atoms with E-state index in [4.69, 9.17) is 4.74 Å². The first-order chi connectivity index (χ1) is 11.6. The molecule has 1 atom stereocenters. The summed E-state index contributed by atoms with van der Waals surface area (Å²) in [7, 11) is 4.19. The van der Waals surface area contributed by atoms with Crippen LogP contribution in [0.1, 0.15) is 12.8 Å². The number of hydrogen-bond acceptors (Lipinski definition) is 7. The molecule has 0 aliphatic carbocycles. The number of quaternary nitrogens is 1. The maximum absolute atomic E-state index is 10.5. The third-order valence-corrected chi connectivity index (χ3v) is 5.52. The molecule has 3 aliphatic rings. The van der Waals surface area contributed by atoms with Crippen LogP contribution in [0.2, 0.25) is 0 Å². The summed E-state index contributed by atoms with van der Waals surface area (Å²) in [5, 5.41) is 15.6. The molecule has 3 aliphatic heterocycles. The fraction of sp³-hybridized carbons (Fsp3) is 0.688. The van der Waals surface area contributed by atoms with E-state index in [1.807, 2.05) is 19.2 Å². The predicted molar refractivity (Wildman–Crippen MR) is 90.1 cm³/mol. The van der Waals surface area contributed by atoms with Gasteiger partial charge >= 0.3 is 0 Å². The molecule has 0 bridgehead atoms. The van der Waals surface area contributed by atoms with Crippen molar-refractivity contribution in [3.05, 3.63) is 18.3 Å². The molecule has 8 nitrogen and oxygen atoms in total. The number of rotatable bonds is 3. The van der Waals surface area contributed by atoms with Crippen LogP contribution in [0.3, 0.4) is 0 Å². The number of morpholine rings is 1. The molecule has 1 N–H and O–H groups in total. The van der Waals surface area contributed by atoms with Gasteiger partial charge in [0.25, 0.3) is 0 Å². The third-order valence-electron chi connectivity index (χ3n) is 5.52. The summed E-state index contributed by atoms with van der Waals surface area (Å²) in [4.78, 5) is 6.90.